The fourth-order valence-electron chi connectivity index (χ4n) is 4.07. The number of rotatable bonds is 7. The SMILES string of the molecule is CCN1CCc2ccc(NC(=O)CC(NC(=O)c3ccccc3Cl)c3ccccc3)cc21. The van der Waals surface area contributed by atoms with E-state index in [1.165, 1.54) is 11.3 Å². The maximum Gasteiger partial charge on any atom is 0.253 e. The number of hydrogen-bond acceptors (Lipinski definition) is 3. The first kappa shape index (κ1) is 21.9. The van der Waals surface area contributed by atoms with Gasteiger partial charge in [0.25, 0.3) is 5.91 Å². The second-order valence-electron chi connectivity index (χ2n) is 7.84. The topological polar surface area (TPSA) is 61.4 Å². The van der Waals surface area contributed by atoms with Crippen molar-refractivity contribution >= 4 is 34.8 Å². The molecule has 0 fully saturated rings. The van der Waals surface area contributed by atoms with Crippen LogP contribution >= 0.6 is 11.6 Å². The average molecular weight is 448 g/mol. The van der Waals surface area contributed by atoms with E-state index in [9.17, 15) is 9.59 Å². The predicted octanol–water partition coefficient (Wildman–Crippen LogP) is 5.22. The predicted molar refractivity (Wildman–Crippen MR) is 129 cm³/mol. The van der Waals surface area contributed by atoms with Gasteiger partial charge in [0, 0.05) is 24.5 Å². The van der Waals surface area contributed by atoms with Crippen molar-refractivity contribution in [2.24, 2.45) is 0 Å². The van der Waals surface area contributed by atoms with Gasteiger partial charge in [-0.15, -0.1) is 0 Å². The number of benzene rings is 3. The Bertz CT molecular complexity index is 1120. The lowest BCUT2D eigenvalue weighted by Gasteiger charge is -2.20. The van der Waals surface area contributed by atoms with Crippen LogP contribution in [0.25, 0.3) is 0 Å². The van der Waals surface area contributed by atoms with Gasteiger partial charge in [-0.25, -0.2) is 0 Å². The van der Waals surface area contributed by atoms with Crippen LogP contribution in [-0.4, -0.2) is 24.9 Å². The molecule has 0 radical (unpaired) electrons. The van der Waals surface area contributed by atoms with Crippen molar-refractivity contribution in [1.82, 2.24) is 5.32 Å². The van der Waals surface area contributed by atoms with E-state index in [2.05, 4.69) is 28.5 Å². The minimum Gasteiger partial charge on any atom is -0.371 e. The van der Waals surface area contributed by atoms with E-state index >= 15 is 0 Å². The molecule has 3 aromatic rings. The number of halogens is 1. The smallest absolute Gasteiger partial charge is 0.253 e. The fourth-order valence-corrected chi connectivity index (χ4v) is 4.29. The summed E-state index contributed by atoms with van der Waals surface area (Å²) in [6, 6.07) is 21.9. The highest BCUT2D eigenvalue weighted by Crippen LogP contribution is 2.31. The molecule has 4 rings (SSSR count). The minimum absolute atomic E-state index is 0.106. The van der Waals surface area contributed by atoms with E-state index in [1.54, 1.807) is 24.3 Å². The highest BCUT2D eigenvalue weighted by Gasteiger charge is 2.22. The molecule has 2 amide bonds. The lowest BCUT2D eigenvalue weighted by molar-refractivity contribution is -0.116. The van der Waals surface area contributed by atoms with Crippen LogP contribution in [0.3, 0.4) is 0 Å². The van der Waals surface area contributed by atoms with Gasteiger partial charge < -0.3 is 15.5 Å². The lowest BCUT2D eigenvalue weighted by Crippen LogP contribution is -2.31. The molecule has 0 aromatic heterocycles. The number of nitrogens with zero attached hydrogens (tertiary/aromatic N) is 1. The van der Waals surface area contributed by atoms with Crippen LogP contribution in [0.1, 0.15) is 40.9 Å². The third-order valence-corrected chi connectivity index (χ3v) is 6.09. The number of likely N-dealkylation sites (N-methyl/N-ethyl adjacent to an activating group) is 1. The molecule has 1 heterocycles. The molecule has 1 unspecified atom stereocenters. The maximum atomic E-state index is 12.9. The van der Waals surface area contributed by atoms with Gasteiger partial charge in [-0.1, -0.05) is 60.1 Å². The number of fused-ring (bicyclic) bond motifs is 1. The summed E-state index contributed by atoms with van der Waals surface area (Å²) in [4.78, 5) is 28.1. The van der Waals surface area contributed by atoms with E-state index in [-0.39, 0.29) is 18.2 Å². The molecule has 2 N–H and O–H groups in total. The molecule has 0 saturated heterocycles. The Kier molecular flexibility index (Phi) is 6.76. The summed E-state index contributed by atoms with van der Waals surface area (Å²) in [5.41, 5.74) is 4.48. The Morgan fingerprint density at radius 3 is 2.53 bits per heavy atom. The molecule has 6 heteroatoms. The summed E-state index contributed by atoms with van der Waals surface area (Å²) in [7, 11) is 0. The van der Waals surface area contributed by atoms with Crippen LogP contribution in [0.15, 0.2) is 72.8 Å². The van der Waals surface area contributed by atoms with Crippen LogP contribution in [-0.2, 0) is 11.2 Å². The second kappa shape index (κ2) is 9.88. The van der Waals surface area contributed by atoms with Crippen LogP contribution in [0, 0.1) is 0 Å². The molecule has 1 aliphatic rings. The van der Waals surface area contributed by atoms with E-state index in [0.717, 1.165) is 30.8 Å². The minimum atomic E-state index is -0.485. The third-order valence-electron chi connectivity index (χ3n) is 5.76. The Hall–Kier alpha value is -3.31. The quantitative estimate of drug-likeness (QED) is 0.521. The standard InChI is InChI=1S/C26H26ClN3O2/c1-2-30-15-14-19-12-13-20(16-24(19)30)28-25(31)17-23(18-8-4-3-5-9-18)29-26(32)21-10-6-7-11-22(21)27/h3-13,16,23H,2,14-15,17H2,1H3,(H,28,31)(H,29,32). The molecule has 0 bridgehead atoms. The Labute approximate surface area is 193 Å². The molecule has 5 nitrogen and oxygen atoms in total. The molecule has 0 aliphatic carbocycles. The molecule has 1 aliphatic heterocycles. The highest BCUT2D eigenvalue weighted by molar-refractivity contribution is 6.33. The summed E-state index contributed by atoms with van der Waals surface area (Å²) >= 11 is 6.19. The number of carbonyl (C=O) groups excluding carboxylic acids is 2. The number of nitrogens with one attached hydrogen (secondary N) is 2. The maximum absolute atomic E-state index is 12.9. The molecule has 1 atom stereocenters. The molecule has 0 saturated carbocycles. The molecule has 3 aromatic carbocycles. The Morgan fingerprint density at radius 1 is 1.03 bits per heavy atom. The molecule has 0 spiro atoms. The zero-order valence-corrected chi connectivity index (χ0v) is 18.7. The second-order valence-corrected chi connectivity index (χ2v) is 8.25. The molecule has 32 heavy (non-hydrogen) atoms. The van der Waals surface area contributed by atoms with E-state index < -0.39 is 6.04 Å². The monoisotopic (exact) mass is 447 g/mol. The van der Waals surface area contributed by atoms with Crippen molar-refractivity contribution in [1.29, 1.82) is 0 Å². The van der Waals surface area contributed by atoms with Gasteiger partial charge in [0.1, 0.15) is 0 Å². The van der Waals surface area contributed by atoms with Gasteiger partial charge in [-0.05, 0) is 48.7 Å². The van der Waals surface area contributed by atoms with E-state index in [4.69, 9.17) is 11.6 Å². The summed E-state index contributed by atoms with van der Waals surface area (Å²) in [5.74, 6) is -0.479. The number of anilines is 2. The Balaban J connectivity index is 1.50. The van der Waals surface area contributed by atoms with E-state index in [0.29, 0.717) is 10.6 Å². The number of amides is 2. The summed E-state index contributed by atoms with van der Waals surface area (Å²) in [6.45, 7) is 4.08. The highest BCUT2D eigenvalue weighted by atomic mass is 35.5. The number of hydrogen-bond donors (Lipinski definition) is 2. The third kappa shape index (κ3) is 4.94. The van der Waals surface area contributed by atoms with Gasteiger partial charge in [0.2, 0.25) is 5.91 Å². The van der Waals surface area contributed by atoms with Gasteiger partial charge in [0.05, 0.1) is 23.0 Å². The van der Waals surface area contributed by atoms with Gasteiger partial charge in [-0.2, -0.15) is 0 Å². The van der Waals surface area contributed by atoms with Crippen LogP contribution in [0.4, 0.5) is 11.4 Å². The first-order valence-corrected chi connectivity index (χ1v) is 11.2. The van der Waals surface area contributed by atoms with Crippen molar-refractivity contribution in [3.63, 3.8) is 0 Å². The van der Waals surface area contributed by atoms with Crippen LogP contribution in [0.5, 0.6) is 0 Å². The van der Waals surface area contributed by atoms with Crippen molar-refractivity contribution < 1.29 is 9.59 Å². The molecular weight excluding hydrogens is 422 g/mol. The molecule has 164 valence electrons. The zero-order chi connectivity index (χ0) is 22.5. The Morgan fingerprint density at radius 2 is 1.78 bits per heavy atom. The van der Waals surface area contributed by atoms with Crippen molar-refractivity contribution in [2.45, 2.75) is 25.8 Å². The lowest BCUT2D eigenvalue weighted by atomic mass is 10.0. The van der Waals surface area contributed by atoms with E-state index in [1.807, 2.05) is 42.5 Å². The largest absolute Gasteiger partial charge is 0.371 e. The van der Waals surface area contributed by atoms with Crippen molar-refractivity contribution in [3.05, 3.63) is 94.5 Å². The van der Waals surface area contributed by atoms with Crippen molar-refractivity contribution in [2.75, 3.05) is 23.3 Å². The van der Waals surface area contributed by atoms with Crippen LogP contribution in [0.2, 0.25) is 5.02 Å². The number of carbonyl (C=O) groups is 2. The molecular formula is C26H26ClN3O2. The average Bonchev–Trinajstić information content (AvgIpc) is 3.21. The first-order valence-electron chi connectivity index (χ1n) is 10.8. The van der Waals surface area contributed by atoms with Gasteiger partial charge in [0.15, 0.2) is 0 Å². The van der Waals surface area contributed by atoms with Crippen molar-refractivity contribution in [3.8, 4) is 0 Å². The first-order chi connectivity index (χ1) is 15.5. The van der Waals surface area contributed by atoms with Gasteiger partial charge >= 0.3 is 0 Å². The summed E-state index contributed by atoms with van der Waals surface area (Å²) in [6.07, 6.45) is 1.14. The summed E-state index contributed by atoms with van der Waals surface area (Å²) < 4.78 is 0. The van der Waals surface area contributed by atoms with Crippen LogP contribution < -0.4 is 15.5 Å². The fraction of sp³-hybridized carbons (Fsp3) is 0.231. The normalized spacial score (nSPS) is 13.4. The zero-order valence-electron chi connectivity index (χ0n) is 18.0. The summed E-state index contributed by atoms with van der Waals surface area (Å²) in [5, 5.41) is 6.35. The van der Waals surface area contributed by atoms with Gasteiger partial charge in [-0.3, -0.25) is 9.59 Å².